The Morgan fingerprint density at radius 1 is 1.56 bits per heavy atom. The number of thiophene rings is 1. The van der Waals surface area contributed by atoms with Crippen molar-refractivity contribution in [1.29, 1.82) is 0 Å². The highest BCUT2D eigenvalue weighted by atomic mass is 32.2. The highest BCUT2D eigenvalue weighted by molar-refractivity contribution is 7.99. The largest absolute Gasteiger partial charge is 0.340 e. The van der Waals surface area contributed by atoms with E-state index >= 15 is 0 Å². The van der Waals surface area contributed by atoms with E-state index in [1.807, 2.05) is 18.5 Å². The first-order chi connectivity index (χ1) is 7.59. The first-order valence-electron chi connectivity index (χ1n) is 5.43. The van der Waals surface area contributed by atoms with Gasteiger partial charge < -0.3 is 4.90 Å². The summed E-state index contributed by atoms with van der Waals surface area (Å²) in [6.07, 6.45) is 0. The fourth-order valence-electron chi connectivity index (χ4n) is 1.22. The van der Waals surface area contributed by atoms with E-state index in [-0.39, 0.29) is 5.91 Å². The number of carbonyl (C=O) groups excluding carboxylic acids is 1. The molecule has 0 aliphatic heterocycles. The first kappa shape index (κ1) is 13.6. The maximum atomic E-state index is 11.8. The molecule has 4 heteroatoms. The van der Waals surface area contributed by atoms with Crippen LogP contribution in [0, 0.1) is 5.92 Å². The summed E-state index contributed by atoms with van der Waals surface area (Å²) in [5.74, 6) is 2.53. The predicted molar refractivity (Wildman–Crippen MR) is 73.0 cm³/mol. The van der Waals surface area contributed by atoms with Crippen LogP contribution < -0.4 is 0 Å². The second-order valence-electron chi connectivity index (χ2n) is 4.24. The van der Waals surface area contributed by atoms with E-state index in [1.165, 1.54) is 4.88 Å². The zero-order valence-electron chi connectivity index (χ0n) is 10.1. The Hall–Kier alpha value is -0.480. The summed E-state index contributed by atoms with van der Waals surface area (Å²) in [7, 11) is 1.87. The van der Waals surface area contributed by atoms with E-state index in [1.54, 1.807) is 28.0 Å². The molecule has 0 fully saturated rings. The minimum Gasteiger partial charge on any atom is -0.340 e. The van der Waals surface area contributed by atoms with Gasteiger partial charge >= 0.3 is 0 Å². The molecule has 16 heavy (non-hydrogen) atoms. The Morgan fingerprint density at radius 2 is 2.31 bits per heavy atom. The molecule has 1 aromatic heterocycles. The average Bonchev–Trinajstić information content (AvgIpc) is 2.69. The molecule has 0 saturated carbocycles. The third-order valence-corrected chi connectivity index (χ3v) is 4.29. The number of thioether (sulfide) groups is 1. The standard InChI is InChI=1S/C12H19NOS2/c1-10(2)8-15-9-12(14)13(3)7-11-5-4-6-16-11/h4-6,10H,7-9H2,1-3H3. The van der Waals surface area contributed by atoms with Crippen LogP contribution in [0.15, 0.2) is 17.5 Å². The quantitative estimate of drug-likeness (QED) is 0.780. The molecule has 0 aliphatic rings. The van der Waals surface area contributed by atoms with Gasteiger partial charge in [0.05, 0.1) is 12.3 Å². The highest BCUT2D eigenvalue weighted by Crippen LogP contribution is 2.13. The first-order valence-corrected chi connectivity index (χ1v) is 7.47. The molecule has 0 spiro atoms. The van der Waals surface area contributed by atoms with E-state index in [9.17, 15) is 4.79 Å². The molecule has 1 aromatic rings. The molecule has 90 valence electrons. The minimum atomic E-state index is 0.221. The van der Waals surface area contributed by atoms with Crippen LogP contribution >= 0.6 is 23.1 Å². The zero-order valence-corrected chi connectivity index (χ0v) is 11.7. The van der Waals surface area contributed by atoms with Gasteiger partial charge in [0, 0.05) is 11.9 Å². The van der Waals surface area contributed by atoms with Crippen LogP contribution in [0.1, 0.15) is 18.7 Å². The molecule has 1 amide bonds. The van der Waals surface area contributed by atoms with Gasteiger partial charge in [-0.25, -0.2) is 0 Å². The smallest absolute Gasteiger partial charge is 0.232 e. The summed E-state index contributed by atoms with van der Waals surface area (Å²) in [6.45, 7) is 5.08. The molecular weight excluding hydrogens is 238 g/mol. The Labute approximate surface area is 106 Å². The van der Waals surface area contributed by atoms with Crippen LogP contribution in [0.2, 0.25) is 0 Å². The van der Waals surface area contributed by atoms with Crippen molar-refractivity contribution in [1.82, 2.24) is 4.90 Å². The van der Waals surface area contributed by atoms with Gasteiger partial charge in [-0.05, 0) is 23.1 Å². The Bertz CT molecular complexity index is 309. The summed E-state index contributed by atoms with van der Waals surface area (Å²) in [6, 6.07) is 4.08. The molecule has 0 saturated heterocycles. The number of nitrogens with zero attached hydrogens (tertiary/aromatic N) is 1. The lowest BCUT2D eigenvalue weighted by Crippen LogP contribution is -2.27. The van der Waals surface area contributed by atoms with E-state index < -0.39 is 0 Å². The Morgan fingerprint density at radius 3 is 2.88 bits per heavy atom. The maximum Gasteiger partial charge on any atom is 0.232 e. The minimum absolute atomic E-state index is 0.221. The van der Waals surface area contributed by atoms with E-state index in [0.29, 0.717) is 11.7 Å². The summed E-state index contributed by atoms with van der Waals surface area (Å²) in [5.41, 5.74) is 0. The topological polar surface area (TPSA) is 20.3 Å². The van der Waals surface area contributed by atoms with Crippen LogP contribution in [0.4, 0.5) is 0 Å². The molecule has 0 radical (unpaired) electrons. The third-order valence-electron chi connectivity index (χ3n) is 2.08. The summed E-state index contributed by atoms with van der Waals surface area (Å²) < 4.78 is 0. The SMILES string of the molecule is CC(C)CSCC(=O)N(C)Cc1cccs1. The molecule has 0 N–H and O–H groups in total. The second kappa shape index (κ2) is 6.97. The monoisotopic (exact) mass is 257 g/mol. The summed E-state index contributed by atoms with van der Waals surface area (Å²) in [5, 5.41) is 2.04. The third kappa shape index (κ3) is 5.03. The fraction of sp³-hybridized carbons (Fsp3) is 0.583. The second-order valence-corrected chi connectivity index (χ2v) is 6.30. The Balaban J connectivity index is 2.25. The lowest BCUT2D eigenvalue weighted by atomic mass is 10.3. The van der Waals surface area contributed by atoms with E-state index in [4.69, 9.17) is 0 Å². The van der Waals surface area contributed by atoms with Crippen LogP contribution in [-0.2, 0) is 11.3 Å². The van der Waals surface area contributed by atoms with Crippen molar-refractivity contribution >= 4 is 29.0 Å². The van der Waals surface area contributed by atoms with Crippen molar-refractivity contribution in [3.8, 4) is 0 Å². The number of hydrogen-bond donors (Lipinski definition) is 0. The molecule has 0 aliphatic carbocycles. The normalized spacial score (nSPS) is 10.8. The lowest BCUT2D eigenvalue weighted by Gasteiger charge is -2.16. The molecule has 0 atom stereocenters. The van der Waals surface area contributed by atoms with E-state index in [0.717, 1.165) is 12.3 Å². The van der Waals surface area contributed by atoms with Crippen molar-refractivity contribution in [2.45, 2.75) is 20.4 Å². The average molecular weight is 257 g/mol. The van der Waals surface area contributed by atoms with Gasteiger partial charge in [0.2, 0.25) is 5.91 Å². The van der Waals surface area contributed by atoms with Crippen molar-refractivity contribution in [3.63, 3.8) is 0 Å². The number of rotatable bonds is 6. The van der Waals surface area contributed by atoms with E-state index in [2.05, 4.69) is 19.9 Å². The van der Waals surface area contributed by atoms with Gasteiger partial charge in [0.1, 0.15) is 0 Å². The molecular formula is C12H19NOS2. The molecule has 1 rings (SSSR count). The van der Waals surface area contributed by atoms with Crippen LogP contribution in [0.25, 0.3) is 0 Å². The predicted octanol–water partition coefficient (Wildman–Crippen LogP) is 3.10. The fourth-order valence-corrected chi connectivity index (χ4v) is 2.96. The van der Waals surface area contributed by atoms with Crippen molar-refractivity contribution in [2.24, 2.45) is 5.92 Å². The number of amides is 1. The lowest BCUT2D eigenvalue weighted by molar-refractivity contribution is -0.127. The highest BCUT2D eigenvalue weighted by Gasteiger charge is 2.09. The Kier molecular flexibility index (Phi) is 5.91. The molecule has 1 heterocycles. The van der Waals surface area contributed by atoms with Crippen LogP contribution in [-0.4, -0.2) is 29.4 Å². The van der Waals surface area contributed by atoms with Gasteiger partial charge in [-0.15, -0.1) is 11.3 Å². The molecule has 2 nitrogen and oxygen atoms in total. The van der Waals surface area contributed by atoms with Crippen LogP contribution in [0.3, 0.4) is 0 Å². The van der Waals surface area contributed by atoms with Gasteiger partial charge in [0.15, 0.2) is 0 Å². The molecule has 0 unspecified atom stereocenters. The van der Waals surface area contributed by atoms with Crippen molar-refractivity contribution in [2.75, 3.05) is 18.6 Å². The van der Waals surface area contributed by atoms with Gasteiger partial charge in [-0.1, -0.05) is 19.9 Å². The number of hydrogen-bond acceptors (Lipinski definition) is 3. The van der Waals surface area contributed by atoms with Crippen molar-refractivity contribution in [3.05, 3.63) is 22.4 Å². The number of carbonyl (C=O) groups is 1. The molecule has 0 aromatic carbocycles. The van der Waals surface area contributed by atoms with Gasteiger partial charge in [-0.3, -0.25) is 4.79 Å². The summed E-state index contributed by atoms with van der Waals surface area (Å²) >= 11 is 3.42. The summed E-state index contributed by atoms with van der Waals surface area (Å²) in [4.78, 5) is 14.8. The maximum absolute atomic E-state index is 11.8. The van der Waals surface area contributed by atoms with Crippen molar-refractivity contribution < 1.29 is 4.79 Å². The van der Waals surface area contributed by atoms with Crippen LogP contribution in [0.5, 0.6) is 0 Å². The van der Waals surface area contributed by atoms with Gasteiger partial charge in [-0.2, -0.15) is 11.8 Å². The zero-order chi connectivity index (χ0) is 12.0. The molecule has 0 bridgehead atoms. The van der Waals surface area contributed by atoms with Gasteiger partial charge in [0.25, 0.3) is 0 Å².